The van der Waals surface area contributed by atoms with Crippen LogP contribution in [-0.2, 0) is 6.18 Å². The van der Waals surface area contributed by atoms with Crippen molar-refractivity contribution in [3.63, 3.8) is 0 Å². The zero-order chi connectivity index (χ0) is 86.7. The molecule has 21 rings (SSSR count). The number of nitro groups is 1. The van der Waals surface area contributed by atoms with Gasteiger partial charge in [0.05, 0.1) is 65.6 Å². The molecule has 11 heterocycles. The fourth-order valence-corrected chi connectivity index (χ4v) is 12.3. The number of anilines is 9. The molecule has 0 fully saturated rings. The number of nitrogen functional groups attached to an aromatic ring is 9. The van der Waals surface area contributed by atoms with Crippen molar-refractivity contribution in [3.05, 3.63) is 265 Å². The second-order valence-electron chi connectivity index (χ2n) is 25.3. The number of aryl methyl sites for hydroxylation is 1. The third-order valence-electron chi connectivity index (χ3n) is 17.4. The minimum Gasteiger partial charge on any atom is -0.382 e. The van der Waals surface area contributed by atoms with Crippen LogP contribution in [0.3, 0.4) is 0 Å². The third kappa shape index (κ3) is 19.6. The summed E-state index contributed by atoms with van der Waals surface area (Å²) >= 11 is 6.71. The SMILES string of the molecule is Cc1[nH]nc2cccc(-n3cccc3)c12.Nc1n[nH]c2c(F)c(C(F)(F)F)ccc12.Nc1n[nH]c2c(F)cc(F)cc12.Nc1n[nH]c2c(F)cccc12.Nc1n[nH]c2cc(Br)ccc12.Nc1n[nH]c2cc(F)ccc12.Nc1n[nH]c2ccc(Br)cc12.Nc1n[nH]c2ccc(F)cc12.Nc1n[nH]c2ccc([N+](=O)[O-])cc12.Nc1n[nH]c2cccc(F)c12. The summed E-state index contributed by atoms with van der Waals surface area (Å²) in [7, 11) is 0. The lowest BCUT2D eigenvalue weighted by molar-refractivity contribution is -0.384. The molecule has 0 saturated carbocycles. The molecular weight excluding hydrogens is 1730 g/mol. The van der Waals surface area contributed by atoms with Crippen LogP contribution in [0.5, 0.6) is 0 Å². The maximum atomic E-state index is 13.3. The van der Waals surface area contributed by atoms with Crippen molar-refractivity contribution in [3.8, 4) is 5.69 Å². The zero-order valence-corrected chi connectivity index (χ0v) is 65.1. The molecule has 0 unspecified atom stereocenters. The van der Waals surface area contributed by atoms with Gasteiger partial charge in [-0.05, 0) is 153 Å². The summed E-state index contributed by atoms with van der Waals surface area (Å²) in [5, 5.41) is 80.6. The van der Waals surface area contributed by atoms with E-state index in [9.17, 15) is 54.0 Å². The van der Waals surface area contributed by atoms with Gasteiger partial charge in [0.1, 0.15) is 45.6 Å². The van der Waals surface area contributed by atoms with E-state index in [1.165, 1.54) is 59.6 Å². The largest absolute Gasteiger partial charge is 0.419 e. The molecule has 0 saturated heterocycles. The first kappa shape index (κ1) is 84.4. The number of alkyl halides is 3. The highest BCUT2D eigenvalue weighted by molar-refractivity contribution is 9.10. The minimum atomic E-state index is -4.72. The van der Waals surface area contributed by atoms with Gasteiger partial charge in [-0.1, -0.05) is 50.1 Å². The lowest BCUT2D eigenvalue weighted by Gasteiger charge is -2.07. The number of benzene rings is 10. The maximum Gasteiger partial charge on any atom is 0.419 e. The van der Waals surface area contributed by atoms with E-state index >= 15 is 0 Å². The van der Waals surface area contributed by atoms with Crippen LogP contribution in [0, 0.1) is 57.8 Å². The van der Waals surface area contributed by atoms with Gasteiger partial charge in [-0.3, -0.25) is 61.1 Å². The molecule has 0 spiro atoms. The van der Waals surface area contributed by atoms with E-state index in [4.69, 9.17) is 51.6 Å². The van der Waals surface area contributed by atoms with E-state index in [0.717, 1.165) is 71.1 Å². The number of nitrogens with zero attached hydrogens (tertiary/aromatic N) is 12. The van der Waals surface area contributed by atoms with Crippen LogP contribution in [0.2, 0.25) is 0 Å². The number of hydrogen-bond donors (Lipinski definition) is 19. The van der Waals surface area contributed by atoms with Gasteiger partial charge in [0.2, 0.25) is 0 Å². The lowest BCUT2D eigenvalue weighted by Crippen LogP contribution is -2.08. The highest BCUT2D eigenvalue weighted by atomic mass is 79.9. The standard InChI is InChI=1S/C12H11N3.C8H5F4N3.2C7H6BrN3.C7H5F2N3.4C7H6FN3.C7H6N4O2/c1-9-12-10(14-13-9)5-4-6-11(12)15-7-2-3-8-15;9-5-4(8(10,11)12)2-1-3-6(5)14-15-7(3)13;8-4-1-2-6-5(3-4)7(9)11-10-6;8-4-1-2-5-6(3-4)10-11-7(5)9;8-3-1-4-6(5(9)2-3)11-12-7(4)10;8-4-1-2-6-5(3-4)7(9)11-10-6;8-4-1-2-5-6(3-4)10-11-7(5)9;8-4-2-1-3-5-6(4)7(9)11-10-5;8-5-3-1-2-4-6(5)10-11-7(4)9;8-7-5-3-4(11(12)13)1-2-6(5)9-10-7/h2-8H,1H3,(H,13,14);1-2H,(H3,13,14,15);2*1-3H,(H3,9,10,11);1-2H,(H3,10,11,12);4*1-3H,(H3,9,10,11);1-3H,(H3,8,9,10). The number of halogens is 12. The summed E-state index contributed by atoms with van der Waals surface area (Å²) in [6.45, 7) is 2.04. The Bertz CT molecular complexity index is 7050. The maximum absolute atomic E-state index is 13.3. The predicted octanol–water partition coefficient (Wildman–Crippen LogP) is 16.4. The van der Waals surface area contributed by atoms with Crippen molar-refractivity contribution in [2.24, 2.45) is 0 Å². The summed E-state index contributed by atoms with van der Waals surface area (Å²) in [6.07, 6.45) is -0.638. The first-order valence-electron chi connectivity index (χ1n) is 34.7. The van der Waals surface area contributed by atoms with Gasteiger partial charge in [0.15, 0.2) is 64.0 Å². The van der Waals surface area contributed by atoms with E-state index in [-0.39, 0.29) is 74.0 Å². The Hall–Kier alpha value is -16.0. The van der Waals surface area contributed by atoms with Crippen LogP contribution in [0.25, 0.3) is 115 Å². The number of aromatic nitrogens is 21. The smallest absolute Gasteiger partial charge is 0.382 e. The summed E-state index contributed by atoms with van der Waals surface area (Å²) in [5.74, 6) is -1.27. The van der Waals surface area contributed by atoms with Gasteiger partial charge in [0.25, 0.3) is 5.69 Å². The van der Waals surface area contributed by atoms with Crippen molar-refractivity contribution in [1.29, 1.82) is 0 Å². The monoisotopic (exact) mass is 1790 g/mol. The Balaban J connectivity index is 0.000000123. The average molecular weight is 1790 g/mol. The highest BCUT2D eigenvalue weighted by Crippen LogP contribution is 2.36. The molecule has 33 nitrogen and oxygen atoms in total. The molecule has 28 N–H and O–H groups in total. The Kier molecular flexibility index (Phi) is 25.4. The molecular formula is C76H63Br2F10N31O2. The number of nitrogens with two attached hydrogens (primary N) is 9. The summed E-state index contributed by atoms with van der Waals surface area (Å²) in [6, 6.07) is 47.8. The molecule has 21 aromatic rings. The Labute approximate surface area is 686 Å². The third-order valence-corrected chi connectivity index (χ3v) is 18.4. The fourth-order valence-electron chi connectivity index (χ4n) is 11.5. The van der Waals surface area contributed by atoms with Crippen LogP contribution in [-0.4, -0.2) is 111 Å². The van der Waals surface area contributed by atoms with Crippen molar-refractivity contribution in [2.75, 3.05) is 51.6 Å². The van der Waals surface area contributed by atoms with Crippen molar-refractivity contribution >= 4 is 199 Å². The normalized spacial score (nSPS) is 10.9. The topological polar surface area (TPSA) is 569 Å². The fraction of sp³-hybridized carbons (Fsp3) is 0.0263. The van der Waals surface area contributed by atoms with E-state index in [1.807, 2.05) is 80.0 Å². The summed E-state index contributed by atoms with van der Waals surface area (Å²) in [5.41, 5.74) is 55.8. The van der Waals surface area contributed by atoms with Gasteiger partial charge in [0, 0.05) is 88.3 Å². The van der Waals surface area contributed by atoms with Crippen LogP contribution >= 0.6 is 31.9 Å². The number of fused-ring (bicyclic) bond motifs is 10. The van der Waals surface area contributed by atoms with Crippen LogP contribution in [0.15, 0.2) is 203 Å². The van der Waals surface area contributed by atoms with Gasteiger partial charge >= 0.3 is 6.18 Å². The van der Waals surface area contributed by atoms with Gasteiger partial charge < -0.3 is 56.2 Å². The van der Waals surface area contributed by atoms with Crippen LogP contribution < -0.4 is 51.6 Å². The van der Waals surface area contributed by atoms with Crippen molar-refractivity contribution < 1.29 is 48.8 Å². The first-order chi connectivity index (χ1) is 57.8. The Morgan fingerprint density at radius 3 is 1.40 bits per heavy atom. The molecule has 618 valence electrons. The molecule has 45 heteroatoms. The lowest BCUT2D eigenvalue weighted by atomic mass is 10.1. The number of non-ortho nitro benzene ring substituents is 1. The van der Waals surface area contributed by atoms with E-state index < -0.39 is 34.1 Å². The first-order valence-corrected chi connectivity index (χ1v) is 36.2. The molecule has 0 aliphatic heterocycles. The van der Waals surface area contributed by atoms with Crippen LogP contribution in [0.1, 0.15) is 11.3 Å². The van der Waals surface area contributed by atoms with E-state index in [1.54, 1.807) is 42.5 Å². The number of nitrogens with one attached hydrogen (secondary N) is 10. The summed E-state index contributed by atoms with van der Waals surface area (Å²) < 4.78 is 131. The van der Waals surface area contributed by atoms with E-state index in [2.05, 4.69) is 144 Å². The molecule has 10 aromatic carbocycles. The number of aromatic amines is 10. The molecule has 121 heavy (non-hydrogen) atoms. The number of nitro benzene ring substituents is 1. The van der Waals surface area contributed by atoms with E-state index in [0.29, 0.717) is 78.8 Å². The quantitative estimate of drug-likeness (QED) is 0.0434. The molecule has 0 amide bonds. The predicted molar refractivity (Wildman–Crippen MR) is 451 cm³/mol. The molecule has 0 bridgehead atoms. The van der Waals surface area contributed by atoms with Crippen molar-refractivity contribution in [1.82, 2.24) is 107 Å². The second-order valence-corrected chi connectivity index (χ2v) is 27.2. The number of H-pyrrole nitrogens is 10. The number of para-hydroxylation sites is 1. The molecule has 11 aromatic heterocycles. The van der Waals surface area contributed by atoms with Gasteiger partial charge in [-0.15, -0.1) is 0 Å². The summed E-state index contributed by atoms with van der Waals surface area (Å²) in [4.78, 5) is 9.95. The minimum absolute atomic E-state index is 0.0144. The number of hydrogen-bond acceptors (Lipinski definition) is 21. The van der Waals surface area contributed by atoms with Gasteiger partial charge in [-0.25, -0.2) is 30.7 Å². The zero-order valence-electron chi connectivity index (χ0n) is 61.9. The highest BCUT2D eigenvalue weighted by Gasteiger charge is 2.35. The molecule has 0 aliphatic carbocycles. The second kappa shape index (κ2) is 36.5. The van der Waals surface area contributed by atoms with Crippen molar-refractivity contribution in [2.45, 2.75) is 13.1 Å². The van der Waals surface area contributed by atoms with Gasteiger partial charge in [-0.2, -0.15) is 64.2 Å². The molecule has 0 radical (unpaired) electrons. The Morgan fingerprint density at radius 1 is 0.355 bits per heavy atom. The Morgan fingerprint density at radius 2 is 0.793 bits per heavy atom. The average Bonchev–Trinajstić information content (AvgIpc) is 1.73. The molecule has 0 atom stereocenters. The van der Waals surface area contributed by atoms with Crippen LogP contribution in [0.4, 0.5) is 102 Å². The molecule has 0 aliphatic rings. The number of rotatable bonds is 2.